The van der Waals surface area contributed by atoms with E-state index in [-0.39, 0.29) is 32.0 Å². The predicted molar refractivity (Wildman–Crippen MR) is 215 cm³/mol. The first-order chi connectivity index (χ1) is 25.3. The molecule has 0 bridgehead atoms. The van der Waals surface area contributed by atoms with E-state index in [2.05, 4.69) is 43.5 Å². The lowest BCUT2D eigenvalue weighted by Crippen LogP contribution is -2.29. The maximum Gasteiger partial charge on any atom is 0.472 e. The summed E-state index contributed by atoms with van der Waals surface area (Å²) < 4.78 is 33.1. The van der Waals surface area contributed by atoms with Gasteiger partial charge in [0.05, 0.1) is 13.2 Å². The number of allylic oxidation sites excluding steroid dienone is 4. The van der Waals surface area contributed by atoms with Crippen molar-refractivity contribution in [3.8, 4) is 0 Å². The number of hydrogen-bond donors (Lipinski definition) is 2. The van der Waals surface area contributed by atoms with Gasteiger partial charge in [-0.2, -0.15) is 0 Å². The molecule has 9 nitrogen and oxygen atoms in total. The van der Waals surface area contributed by atoms with Gasteiger partial charge in [0.1, 0.15) is 6.61 Å². The van der Waals surface area contributed by atoms with E-state index >= 15 is 0 Å². The standard InChI is InChI=1S/C42H80NO8P/c1-4-6-8-10-12-14-16-17-18-19-20-21-22-23-25-26-28-30-32-34-41(44)48-38-40(39-50-52(46,47)49-37-36-43-3)51-42(45)35-33-31-29-27-24-15-13-11-9-7-5-2/h11,13,17-18,40,43H,4-10,12,14-16,19-39H2,1-3H3,(H,46,47)/b13-11-,18-17-. The van der Waals surface area contributed by atoms with Crippen molar-refractivity contribution in [1.82, 2.24) is 5.32 Å². The van der Waals surface area contributed by atoms with Crippen LogP contribution in [0.3, 0.4) is 0 Å². The van der Waals surface area contributed by atoms with Crippen LogP contribution >= 0.6 is 7.82 Å². The van der Waals surface area contributed by atoms with Gasteiger partial charge in [-0.15, -0.1) is 0 Å². The molecule has 2 atom stereocenters. The lowest BCUT2D eigenvalue weighted by molar-refractivity contribution is -0.161. The van der Waals surface area contributed by atoms with Gasteiger partial charge in [-0.05, 0) is 64.8 Å². The molecule has 2 N–H and O–H groups in total. The van der Waals surface area contributed by atoms with Gasteiger partial charge in [-0.1, -0.05) is 147 Å². The van der Waals surface area contributed by atoms with Gasteiger partial charge in [0.15, 0.2) is 6.10 Å². The number of nitrogens with one attached hydrogen (secondary N) is 1. The number of ether oxygens (including phenoxy) is 2. The van der Waals surface area contributed by atoms with Gasteiger partial charge < -0.3 is 19.7 Å². The van der Waals surface area contributed by atoms with E-state index in [1.54, 1.807) is 7.05 Å². The maximum atomic E-state index is 12.6. The van der Waals surface area contributed by atoms with Crippen LogP contribution in [0.2, 0.25) is 0 Å². The number of likely N-dealkylation sites (N-methyl/N-ethyl adjacent to an activating group) is 1. The molecule has 0 aromatic heterocycles. The molecule has 0 aromatic carbocycles. The number of rotatable bonds is 40. The number of hydrogen-bond acceptors (Lipinski definition) is 8. The largest absolute Gasteiger partial charge is 0.472 e. The molecule has 2 unspecified atom stereocenters. The minimum absolute atomic E-state index is 0.0177. The fraction of sp³-hybridized carbons (Fsp3) is 0.857. The third-order valence-corrected chi connectivity index (χ3v) is 10.0. The zero-order valence-electron chi connectivity index (χ0n) is 33.8. The zero-order chi connectivity index (χ0) is 38.2. The fourth-order valence-corrected chi connectivity index (χ4v) is 6.51. The Morgan fingerprint density at radius 1 is 0.577 bits per heavy atom. The van der Waals surface area contributed by atoms with Crippen LogP contribution in [0.1, 0.15) is 194 Å². The lowest BCUT2D eigenvalue weighted by atomic mass is 10.1. The number of esters is 2. The summed E-state index contributed by atoms with van der Waals surface area (Å²) in [5.41, 5.74) is 0. The number of carbonyl (C=O) groups is 2. The molecule has 0 radical (unpaired) electrons. The van der Waals surface area contributed by atoms with E-state index in [0.717, 1.165) is 57.8 Å². The third-order valence-electron chi connectivity index (χ3n) is 9.04. The highest BCUT2D eigenvalue weighted by Gasteiger charge is 2.26. The van der Waals surface area contributed by atoms with Crippen LogP contribution in [0.25, 0.3) is 0 Å². The average Bonchev–Trinajstić information content (AvgIpc) is 3.12. The quantitative estimate of drug-likeness (QED) is 0.0272. The summed E-state index contributed by atoms with van der Waals surface area (Å²) in [4.78, 5) is 35.0. The Morgan fingerprint density at radius 3 is 1.48 bits per heavy atom. The van der Waals surface area contributed by atoms with Crippen molar-refractivity contribution < 1.29 is 37.6 Å². The molecule has 306 valence electrons. The van der Waals surface area contributed by atoms with Crippen molar-refractivity contribution in [1.29, 1.82) is 0 Å². The summed E-state index contributed by atoms with van der Waals surface area (Å²) >= 11 is 0. The van der Waals surface area contributed by atoms with Crippen LogP contribution < -0.4 is 5.32 Å². The number of carbonyl (C=O) groups excluding carboxylic acids is 2. The predicted octanol–water partition coefficient (Wildman–Crippen LogP) is 11.9. The van der Waals surface area contributed by atoms with E-state index in [1.807, 2.05) is 0 Å². The molecule has 0 fully saturated rings. The normalized spacial score (nSPS) is 13.5. The molecule has 0 heterocycles. The zero-order valence-corrected chi connectivity index (χ0v) is 34.7. The lowest BCUT2D eigenvalue weighted by Gasteiger charge is -2.20. The second-order valence-electron chi connectivity index (χ2n) is 14.2. The van der Waals surface area contributed by atoms with Crippen molar-refractivity contribution in [2.45, 2.75) is 200 Å². The van der Waals surface area contributed by atoms with Crippen LogP contribution in [0, 0.1) is 0 Å². The molecule has 10 heteroatoms. The van der Waals surface area contributed by atoms with Crippen LogP contribution in [-0.4, -0.2) is 56.3 Å². The van der Waals surface area contributed by atoms with Crippen LogP contribution in [0.5, 0.6) is 0 Å². The molecule has 0 saturated carbocycles. The number of phosphoric acid groups is 1. The van der Waals surface area contributed by atoms with Crippen molar-refractivity contribution in [2.24, 2.45) is 0 Å². The summed E-state index contributed by atoms with van der Waals surface area (Å²) in [5, 5.41) is 2.82. The molecular weight excluding hydrogens is 677 g/mol. The van der Waals surface area contributed by atoms with E-state index in [9.17, 15) is 19.0 Å². The van der Waals surface area contributed by atoms with Crippen molar-refractivity contribution in [3.05, 3.63) is 24.3 Å². The summed E-state index contributed by atoms with van der Waals surface area (Å²) in [6.07, 6.45) is 39.4. The van der Waals surface area contributed by atoms with E-state index in [4.69, 9.17) is 18.5 Å². The van der Waals surface area contributed by atoms with E-state index < -0.39 is 26.5 Å². The Bertz CT molecular complexity index is 912. The highest BCUT2D eigenvalue weighted by molar-refractivity contribution is 7.47. The molecular formula is C42H80NO8P. The van der Waals surface area contributed by atoms with Crippen LogP contribution in [0.4, 0.5) is 0 Å². The van der Waals surface area contributed by atoms with Gasteiger partial charge >= 0.3 is 19.8 Å². The number of phosphoric ester groups is 1. The van der Waals surface area contributed by atoms with E-state index in [1.165, 1.54) is 103 Å². The first-order valence-corrected chi connectivity index (χ1v) is 22.8. The monoisotopic (exact) mass is 758 g/mol. The minimum Gasteiger partial charge on any atom is -0.462 e. The first kappa shape index (κ1) is 50.5. The Morgan fingerprint density at radius 2 is 1.00 bits per heavy atom. The Hall–Kier alpha value is -1.51. The molecule has 0 aliphatic rings. The fourth-order valence-electron chi connectivity index (χ4n) is 5.76. The SMILES string of the molecule is CCCC/C=C\CCCCCCCC(=O)OC(COC(=O)CCCCCCCCCCC/C=C\CCCCCCCC)COP(=O)(O)OCCNC. The molecule has 0 spiro atoms. The Balaban J connectivity index is 4.16. The maximum absolute atomic E-state index is 12.6. The van der Waals surface area contributed by atoms with Crippen LogP contribution in [-0.2, 0) is 32.7 Å². The molecule has 0 aliphatic carbocycles. The van der Waals surface area contributed by atoms with Gasteiger partial charge in [0.2, 0.25) is 0 Å². The number of unbranched alkanes of at least 4 members (excludes halogenated alkanes) is 22. The summed E-state index contributed by atoms with van der Waals surface area (Å²) in [6.45, 7) is 4.17. The minimum atomic E-state index is -4.34. The van der Waals surface area contributed by atoms with Crippen LogP contribution in [0.15, 0.2) is 24.3 Å². The smallest absolute Gasteiger partial charge is 0.462 e. The highest BCUT2D eigenvalue weighted by atomic mass is 31.2. The average molecular weight is 758 g/mol. The molecule has 0 saturated heterocycles. The molecule has 52 heavy (non-hydrogen) atoms. The van der Waals surface area contributed by atoms with E-state index in [0.29, 0.717) is 13.0 Å². The third kappa shape index (κ3) is 38.2. The highest BCUT2D eigenvalue weighted by Crippen LogP contribution is 2.43. The Kier molecular flexibility index (Phi) is 38.1. The van der Waals surface area contributed by atoms with Crippen molar-refractivity contribution in [3.63, 3.8) is 0 Å². The molecule has 0 aliphatic heterocycles. The van der Waals surface area contributed by atoms with Crippen molar-refractivity contribution >= 4 is 19.8 Å². The van der Waals surface area contributed by atoms with Crippen molar-refractivity contribution in [2.75, 3.05) is 33.4 Å². The second kappa shape index (κ2) is 39.2. The topological polar surface area (TPSA) is 120 Å². The first-order valence-electron chi connectivity index (χ1n) is 21.3. The summed E-state index contributed by atoms with van der Waals surface area (Å²) in [7, 11) is -2.65. The molecule has 0 rings (SSSR count). The second-order valence-corrected chi connectivity index (χ2v) is 15.6. The molecule has 0 amide bonds. The molecule has 0 aromatic rings. The Labute approximate surface area is 319 Å². The summed E-state index contributed by atoms with van der Waals surface area (Å²) in [5.74, 6) is -0.817. The summed E-state index contributed by atoms with van der Waals surface area (Å²) in [6, 6.07) is 0. The van der Waals surface area contributed by atoms with Gasteiger partial charge in [-0.3, -0.25) is 18.6 Å². The van der Waals surface area contributed by atoms with Gasteiger partial charge in [-0.25, -0.2) is 4.57 Å². The van der Waals surface area contributed by atoms with Gasteiger partial charge in [0.25, 0.3) is 0 Å². The van der Waals surface area contributed by atoms with Gasteiger partial charge in [0, 0.05) is 19.4 Å².